The van der Waals surface area contributed by atoms with E-state index in [2.05, 4.69) is 11.4 Å². The fourth-order valence-corrected chi connectivity index (χ4v) is 3.21. The molecule has 31 heavy (non-hydrogen) atoms. The maximum absolute atomic E-state index is 12.7. The number of hydrogen-bond donors (Lipinski definition) is 1. The van der Waals surface area contributed by atoms with E-state index in [-0.39, 0.29) is 18.3 Å². The Morgan fingerprint density at radius 1 is 1.06 bits per heavy atom. The molecule has 3 aromatic rings. The third-order valence-corrected chi connectivity index (χ3v) is 4.94. The largest absolute Gasteiger partial charge is 0.486 e. The Balaban J connectivity index is 1.39. The van der Waals surface area contributed by atoms with Gasteiger partial charge in [0.15, 0.2) is 17.3 Å². The first-order chi connectivity index (χ1) is 14.9. The molecule has 1 aromatic heterocycles. The molecule has 0 unspecified atom stereocenters. The van der Waals surface area contributed by atoms with Crippen molar-refractivity contribution in [2.24, 2.45) is 0 Å². The highest BCUT2D eigenvalue weighted by Crippen LogP contribution is 2.34. The summed E-state index contributed by atoms with van der Waals surface area (Å²) in [6, 6.07) is 17.8. The van der Waals surface area contributed by atoms with Crippen LogP contribution in [0.4, 0.5) is 0 Å². The Kier molecular flexibility index (Phi) is 5.54. The van der Waals surface area contributed by atoms with Gasteiger partial charge in [-0.2, -0.15) is 5.26 Å². The number of carbonyl (C=O) groups excluding carboxylic acids is 1. The highest BCUT2D eigenvalue weighted by atomic mass is 16.6. The van der Waals surface area contributed by atoms with Gasteiger partial charge in [-0.05, 0) is 67.9 Å². The first kappa shape index (κ1) is 20.4. The van der Waals surface area contributed by atoms with Crippen LogP contribution in [0, 0.1) is 11.3 Å². The van der Waals surface area contributed by atoms with Crippen LogP contribution in [0.3, 0.4) is 0 Å². The molecule has 7 nitrogen and oxygen atoms in total. The number of benzene rings is 2. The van der Waals surface area contributed by atoms with Crippen molar-refractivity contribution < 1.29 is 23.4 Å². The Morgan fingerprint density at radius 2 is 1.81 bits per heavy atom. The molecule has 0 aliphatic carbocycles. The van der Waals surface area contributed by atoms with Gasteiger partial charge in [0, 0.05) is 0 Å². The third-order valence-electron chi connectivity index (χ3n) is 4.94. The van der Waals surface area contributed by atoms with Gasteiger partial charge in [-0.3, -0.25) is 4.79 Å². The fraction of sp³-hybridized carbons (Fsp3) is 0.250. The molecule has 0 bridgehead atoms. The number of amides is 1. The maximum Gasteiger partial charge on any atom is 0.287 e. The minimum Gasteiger partial charge on any atom is -0.486 e. The molecule has 2 heterocycles. The predicted octanol–water partition coefficient (Wildman–Crippen LogP) is 4.17. The van der Waals surface area contributed by atoms with Crippen LogP contribution in [0.1, 0.15) is 41.3 Å². The van der Waals surface area contributed by atoms with Crippen molar-refractivity contribution in [3.63, 3.8) is 0 Å². The van der Waals surface area contributed by atoms with Crippen LogP contribution in [0.2, 0.25) is 0 Å². The van der Waals surface area contributed by atoms with Gasteiger partial charge < -0.3 is 23.9 Å². The summed E-state index contributed by atoms with van der Waals surface area (Å²) in [4.78, 5) is 12.7. The molecule has 7 heteroatoms. The third kappa shape index (κ3) is 4.64. The minimum absolute atomic E-state index is 0.171. The summed E-state index contributed by atoms with van der Waals surface area (Å²) in [6.07, 6.45) is 0. The minimum atomic E-state index is -0.654. The second-order valence-corrected chi connectivity index (χ2v) is 7.63. The van der Waals surface area contributed by atoms with Gasteiger partial charge in [0.2, 0.25) is 0 Å². The van der Waals surface area contributed by atoms with Crippen LogP contribution in [0.5, 0.6) is 17.2 Å². The van der Waals surface area contributed by atoms with Crippen LogP contribution in [0.25, 0.3) is 0 Å². The van der Waals surface area contributed by atoms with Crippen molar-refractivity contribution in [3.05, 3.63) is 77.2 Å². The van der Waals surface area contributed by atoms with Crippen molar-refractivity contribution in [3.8, 4) is 23.3 Å². The van der Waals surface area contributed by atoms with E-state index in [0.717, 1.165) is 5.56 Å². The van der Waals surface area contributed by atoms with E-state index >= 15 is 0 Å². The zero-order valence-corrected chi connectivity index (χ0v) is 17.3. The van der Waals surface area contributed by atoms with Crippen LogP contribution in [-0.4, -0.2) is 19.1 Å². The fourth-order valence-electron chi connectivity index (χ4n) is 3.21. The quantitative estimate of drug-likeness (QED) is 0.646. The van der Waals surface area contributed by atoms with Gasteiger partial charge in [0.05, 0.1) is 17.2 Å². The van der Waals surface area contributed by atoms with E-state index in [4.69, 9.17) is 23.9 Å². The number of hydrogen-bond acceptors (Lipinski definition) is 6. The first-order valence-electron chi connectivity index (χ1n) is 9.89. The molecule has 0 radical (unpaired) electrons. The summed E-state index contributed by atoms with van der Waals surface area (Å²) in [6.45, 7) is 5.03. The lowest BCUT2D eigenvalue weighted by Crippen LogP contribution is -2.40. The number of furan rings is 1. The van der Waals surface area contributed by atoms with Crippen molar-refractivity contribution in [2.75, 3.05) is 13.2 Å². The first-order valence-corrected chi connectivity index (χ1v) is 9.89. The van der Waals surface area contributed by atoms with Crippen LogP contribution >= 0.6 is 0 Å². The van der Waals surface area contributed by atoms with E-state index in [1.165, 1.54) is 0 Å². The Morgan fingerprint density at radius 3 is 2.55 bits per heavy atom. The number of carbonyl (C=O) groups is 1. The molecule has 4 rings (SSSR count). The normalized spacial score (nSPS) is 12.7. The van der Waals surface area contributed by atoms with E-state index in [9.17, 15) is 4.79 Å². The lowest BCUT2D eigenvalue weighted by atomic mass is 9.93. The maximum atomic E-state index is 12.7. The summed E-state index contributed by atoms with van der Waals surface area (Å²) in [5, 5.41) is 11.8. The van der Waals surface area contributed by atoms with Crippen molar-refractivity contribution in [1.82, 2.24) is 5.32 Å². The molecule has 1 N–H and O–H groups in total. The number of nitrogens with zero attached hydrogens (tertiary/aromatic N) is 1. The molecule has 1 aliphatic rings. The molecule has 158 valence electrons. The molecule has 0 fully saturated rings. The van der Waals surface area contributed by atoms with Gasteiger partial charge in [-0.1, -0.05) is 6.07 Å². The summed E-state index contributed by atoms with van der Waals surface area (Å²) >= 11 is 0. The SMILES string of the molecule is CC(C)(NC(=O)c1ccc(COc2ccc(C#N)cc2)o1)c1ccc2c(c1)OCCO2. The smallest absolute Gasteiger partial charge is 0.287 e. The summed E-state index contributed by atoms with van der Waals surface area (Å²) < 4.78 is 22.5. The second kappa shape index (κ2) is 8.44. The summed E-state index contributed by atoms with van der Waals surface area (Å²) in [5.41, 5.74) is 0.796. The van der Waals surface area contributed by atoms with E-state index in [0.29, 0.717) is 41.8 Å². The van der Waals surface area contributed by atoms with Gasteiger partial charge in [-0.25, -0.2) is 0 Å². The summed E-state index contributed by atoms with van der Waals surface area (Å²) in [7, 11) is 0. The molecule has 2 aromatic carbocycles. The van der Waals surface area contributed by atoms with E-state index in [1.807, 2.05) is 32.0 Å². The number of nitriles is 1. The number of fused-ring (bicyclic) bond motifs is 1. The van der Waals surface area contributed by atoms with Crippen molar-refractivity contribution in [2.45, 2.75) is 26.0 Å². The molecular weight excluding hydrogens is 396 g/mol. The van der Waals surface area contributed by atoms with Crippen molar-refractivity contribution in [1.29, 1.82) is 5.26 Å². The highest BCUT2D eigenvalue weighted by Gasteiger charge is 2.27. The number of rotatable bonds is 6. The van der Waals surface area contributed by atoms with E-state index < -0.39 is 5.54 Å². The van der Waals surface area contributed by atoms with Crippen LogP contribution in [-0.2, 0) is 12.1 Å². The molecule has 0 atom stereocenters. The highest BCUT2D eigenvalue weighted by molar-refractivity contribution is 5.92. The molecule has 1 aliphatic heterocycles. The second-order valence-electron chi connectivity index (χ2n) is 7.63. The molecule has 0 saturated heterocycles. The van der Waals surface area contributed by atoms with Gasteiger partial charge >= 0.3 is 0 Å². The van der Waals surface area contributed by atoms with Crippen molar-refractivity contribution >= 4 is 5.91 Å². The van der Waals surface area contributed by atoms with Gasteiger partial charge in [-0.15, -0.1) is 0 Å². The molecule has 0 spiro atoms. The Labute approximate surface area is 180 Å². The Bertz CT molecular complexity index is 1130. The number of ether oxygens (including phenoxy) is 3. The average Bonchev–Trinajstić information content (AvgIpc) is 3.27. The topological polar surface area (TPSA) is 93.7 Å². The standard InChI is InChI=1S/C24H22N2O5/c1-24(2,17-5-9-20-22(13-17)29-12-11-28-20)26-23(27)21-10-8-19(31-21)15-30-18-6-3-16(14-25)4-7-18/h3-10,13H,11-12,15H2,1-2H3,(H,26,27). The zero-order chi connectivity index (χ0) is 21.8. The van der Waals surface area contributed by atoms with Crippen LogP contribution < -0.4 is 19.5 Å². The molecular formula is C24H22N2O5. The number of nitrogens with one attached hydrogen (secondary N) is 1. The average molecular weight is 418 g/mol. The lowest BCUT2D eigenvalue weighted by molar-refractivity contribution is 0.0879. The Hall–Kier alpha value is -3.92. The molecule has 0 saturated carbocycles. The zero-order valence-electron chi connectivity index (χ0n) is 17.3. The monoisotopic (exact) mass is 418 g/mol. The van der Waals surface area contributed by atoms with E-state index in [1.54, 1.807) is 36.4 Å². The molecule has 1 amide bonds. The van der Waals surface area contributed by atoms with Crippen LogP contribution in [0.15, 0.2) is 59.0 Å². The summed E-state index contributed by atoms with van der Waals surface area (Å²) in [5.74, 6) is 2.38. The predicted molar refractivity (Wildman–Crippen MR) is 112 cm³/mol. The van der Waals surface area contributed by atoms with Gasteiger partial charge in [0.1, 0.15) is 31.3 Å². The van der Waals surface area contributed by atoms with Gasteiger partial charge in [0.25, 0.3) is 5.91 Å². The lowest BCUT2D eigenvalue weighted by Gasteiger charge is -2.28.